The van der Waals surface area contributed by atoms with Crippen molar-refractivity contribution in [1.29, 1.82) is 0 Å². The summed E-state index contributed by atoms with van der Waals surface area (Å²) < 4.78 is 0. The van der Waals surface area contributed by atoms with Crippen molar-refractivity contribution in [1.82, 2.24) is 10.6 Å². The van der Waals surface area contributed by atoms with Crippen molar-refractivity contribution < 1.29 is 14.5 Å². The summed E-state index contributed by atoms with van der Waals surface area (Å²) in [6, 6.07) is 7.88. The average molecular weight is 346 g/mol. The Labute approximate surface area is 151 Å². The highest BCUT2D eigenvalue weighted by Crippen LogP contribution is 2.29. The highest BCUT2D eigenvalue weighted by atomic mass is 16.2. The second kappa shape index (κ2) is 8.99. The summed E-state index contributed by atoms with van der Waals surface area (Å²) in [5, 5.41) is 5.85. The molecule has 1 unspecified atom stereocenters. The Bertz CT molecular complexity index is 585. The van der Waals surface area contributed by atoms with E-state index in [-0.39, 0.29) is 11.8 Å². The summed E-state index contributed by atoms with van der Waals surface area (Å²) in [5.74, 6) is 1.28. The van der Waals surface area contributed by atoms with Crippen LogP contribution in [-0.2, 0) is 11.3 Å². The van der Waals surface area contributed by atoms with Crippen LogP contribution in [0.4, 0.5) is 0 Å². The third-order valence-electron chi connectivity index (χ3n) is 5.46. The number of quaternary nitrogens is 1. The van der Waals surface area contributed by atoms with Crippen LogP contribution in [0.15, 0.2) is 24.3 Å². The summed E-state index contributed by atoms with van der Waals surface area (Å²) in [6.07, 6.45) is 3.57. The lowest BCUT2D eigenvalue weighted by atomic mass is 9.78. The molecule has 0 saturated heterocycles. The number of nitrogens with one attached hydrogen (secondary N) is 3. The van der Waals surface area contributed by atoms with Crippen molar-refractivity contribution in [3.8, 4) is 0 Å². The number of carbonyl (C=O) groups excluding carboxylic acids is 2. The first-order valence-corrected chi connectivity index (χ1v) is 9.32. The van der Waals surface area contributed by atoms with E-state index in [1.165, 1.54) is 12.8 Å². The maximum atomic E-state index is 12.4. The molecule has 3 N–H and O–H groups in total. The van der Waals surface area contributed by atoms with Crippen molar-refractivity contribution in [3.05, 3.63) is 35.4 Å². The van der Waals surface area contributed by atoms with E-state index in [4.69, 9.17) is 0 Å². The zero-order chi connectivity index (χ0) is 18.4. The van der Waals surface area contributed by atoms with Gasteiger partial charge in [0.2, 0.25) is 0 Å². The van der Waals surface area contributed by atoms with Crippen LogP contribution < -0.4 is 15.5 Å². The smallest absolute Gasteiger partial charge is 0.275 e. The zero-order valence-corrected chi connectivity index (χ0v) is 15.9. The van der Waals surface area contributed by atoms with Gasteiger partial charge in [0.05, 0.1) is 7.05 Å². The fourth-order valence-corrected chi connectivity index (χ4v) is 3.65. The van der Waals surface area contributed by atoms with Gasteiger partial charge in [-0.15, -0.1) is 0 Å². The minimum absolute atomic E-state index is 0.0811. The van der Waals surface area contributed by atoms with Gasteiger partial charge < -0.3 is 15.5 Å². The van der Waals surface area contributed by atoms with Gasteiger partial charge in [0.15, 0.2) is 6.54 Å². The zero-order valence-electron chi connectivity index (χ0n) is 15.9. The van der Waals surface area contributed by atoms with Gasteiger partial charge >= 0.3 is 0 Å². The molecule has 0 heterocycles. The maximum Gasteiger partial charge on any atom is 0.275 e. The van der Waals surface area contributed by atoms with Gasteiger partial charge in [0.1, 0.15) is 6.54 Å². The summed E-state index contributed by atoms with van der Waals surface area (Å²) in [7, 11) is 3.65. The predicted molar refractivity (Wildman–Crippen MR) is 99.4 cm³/mol. The van der Waals surface area contributed by atoms with E-state index in [0.29, 0.717) is 30.0 Å². The SMILES string of the molecule is CNC(=O)c1ccc(C[NH+](C)CC(=O)N[C@H]2CCC[C@H](C)[C@H]2C)cc1. The van der Waals surface area contributed by atoms with Crippen molar-refractivity contribution in [2.75, 3.05) is 20.6 Å². The molecule has 1 aliphatic rings. The van der Waals surface area contributed by atoms with E-state index in [2.05, 4.69) is 24.5 Å². The van der Waals surface area contributed by atoms with Crippen LogP contribution in [0.25, 0.3) is 0 Å². The molecule has 0 aliphatic heterocycles. The van der Waals surface area contributed by atoms with Crippen LogP contribution in [0.3, 0.4) is 0 Å². The molecule has 0 bridgehead atoms. The summed E-state index contributed by atoms with van der Waals surface area (Å²) in [4.78, 5) is 25.1. The lowest BCUT2D eigenvalue weighted by Gasteiger charge is -2.34. The molecule has 2 rings (SSSR count). The van der Waals surface area contributed by atoms with Gasteiger partial charge in [0, 0.05) is 24.2 Å². The summed E-state index contributed by atoms with van der Waals surface area (Å²) in [6.45, 7) is 5.76. The minimum atomic E-state index is -0.0811. The molecule has 1 aliphatic carbocycles. The number of carbonyl (C=O) groups is 2. The van der Waals surface area contributed by atoms with Crippen molar-refractivity contribution in [2.45, 2.75) is 45.7 Å². The van der Waals surface area contributed by atoms with Gasteiger partial charge in [-0.3, -0.25) is 9.59 Å². The van der Waals surface area contributed by atoms with Crippen LogP contribution in [-0.4, -0.2) is 38.5 Å². The molecule has 5 nitrogen and oxygen atoms in total. The Morgan fingerprint density at radius 3 is 2.48 bits per heavy atom. The number of likely N-dealkylation sites (N-methyl/N-ethyl adjacent to an activating group) is 1. The molecule has 25 heavy (non-hydrogen) atoms. The van der Waals surface area contributed by atoms with Crippen LogP contribution >= 0.6 is 0 Å². The lowest BCUT2D eigenvalue weighted by molar-refractivity contribution is -0.885. The van der Waals surface area contributed by atoms with Gasteiger partial charge in [-0.05, 0) is 30.4 Å². The van der Waals surface area contributed by atoms with Crippen molar-refractivity contribution >= 4 is 11.8 Å². The van der Waals surface area contributed by atoms with Crippen LogP contribution in [0.1, 0.15) is 49.0 Å². The van der Waals surface area contributed by atoms with Crippen LogP contribution in [0.5, 0.6) is 0 Å². The molecule has 0 spiro atoms. The highest BCUT2D eigenvalue weighted by molar-refractivity contribution is 5.93. The molecule has 1 saturated carbocycles. The topological polar surface area (TPSA) is 62.6 Å². The standard InChI is InChI=1S/C20H31N3O2/c1-14-6-5-7-18(15(14)2)22-19(24)13-23(4)12-16-8-10-17(11-9-16)20(25)21-3/h8-11,14-15,18H,5-7,12-13H2,1-4H3,(H,21,25)(H,22,24)/p+1/t14-,15+,18-/m0/s1. The first-order chi connectivity index (χ1) is 11.9. The average Bonchev–Trinajstić information content (AvgIpc) is 2.58. The lowest BCUT2D eigenvalue weighted by Crippen LogP contribution is -3.09. The number of hydrogen-bond donors (Lipinski definition) is 3. The van der Waals surface area contributed by atoms with E-state index in [9.17, 15) is 9.59 Å². The van der Waals surface area contributed by atoms with E-state index in [0.717, 1.165) is 23.4 Å². The first-order valence-electron chi connectivity index (χ1n) is 9.32. The monoisotopic (exact) mass is 346 g/mol. The quantitative estimate of drug-likeness (QED) is 0.720. The van der Waals surface area contributed by atoms with Crippen LogP contribution in [0, 0.1) is 11.8 Å². The molecule has 5 heteroatoms. The molecule has 1 fully saturated rings. The predicted octanol–water partition coefficient (Wildman–Crippen LogP) is 1.00. The Kier molecular flexibility index (Phi) is 7.00. The van der Waals surface area contributed by atoms with E-state index in [1.54, 1.807) is 7.05 Å². The molecule has 1 aromatic carbocycles. The third-order valence-corrected chi connectivity index (χ3v) is 5.46. The van der Waals surface area contributed by atoms with Crippen molar-refractivity contribution in [3.63, 3.8) is 0 Å². The van der Waals surface area contributed by atoms with Gasteiger partial charge in [-0.25, -0.2) is 0 Å². The summed E-state index contributed by atoms with van der Waals surface area (Å²) in [5.41, 5.74) is 1.78. The van der Waals surface area contributed by atoms with E-state index < -0.39 is 0 Å². The van der Waals surface area contributed by atoms with Gasteiger partial charge in [0.25, 0.3) is 11.8 Å². The largest absolute Gasteiger partial charge is 0.355 e. The molecule has 4 atom stereocenters. The first kappa shape index (κ1) is 19.4. The molecule has 1 aromatic rings. The Morgan fingerprint density at radius 2 is 1.84 bits per heavy atom. The molecule has 0 aromatic heterocycles. The molecular formula is C20H32N3O2+. The number of amides is 2. The fraction of sp³-hybridized carbons (Fsp3) is 0.600. The second-order valence-corrected chi connectivity index (χ2v) is 7.53. The normalized spacial score (nSPS) is 24.4. The Balaban J connectivity index is 1.82. The minimum Gasteiger partial charge on any atom is -0.355 e. The Hall–Kier alpha value is -1.88. The molecular weight excluding hydrogens is 314 g/mol. The Morgan fingerprint density at radius 1 is 1.16 bits per heavy atom. The molecule has 2 amide bonds. The molecule has 0 radical (unpaired) electrons. The maximum absolute atomic E-state index is 12.4. The van der Waals surface area contributed by atoms with Gasteiger partial charge in [-0.1, -0.05) is 38.8 Å². The fourth-order valence-electron chi connectivity index (χ4n) is 3.65. The van der Waals surface area contributed by atoms with Crippen molar-refractivity contribution in [2.24, 2.45) is 11.8 Å². The second-order valence-electron chi connectivity index (χ2n) is 7.53. The summed E-state index contributed by atoms with van der Waals surface area (Å²) >= 11 is 0. The van der Waals surface area contributed by atoms with Gasteiger partial charge in [-0.2, -0.15) is 0 Å². The highest BCUT2D eigenvalue weighted by Gasteiger charge is 2.28. The third kappa shape index (κ3) is 5.56. The van der Waals surface area contributed by atoms with E-state index in [1.807, 2.05) is 31.3 Å². The number of hydrogen-bond acceptors (Lipinski definition) is 2. The number of benzene rings is 1. The number of rotatable bonds is 6. The van der Waals surface area contributed by atoms with Crippen LogP contribution in [0.2, 0.25) is 0 Å². The van der Waals surface area contributed by atoms with E-state index >= 15 is 0 Å². The molecule has 138 valence electrons.